The van der Waals surface area contributed by atoms with E-state index in [9.17, 15) is 15.0 Å². The molecule has 20 heavy (non-hydrogen) atoms. The maximum Gasteiger partial charge on any atom is 0.198 e. The Balaban J connectivity index is 2.32. The largest absolute Gasteiger partial charge is 0.504 e. The zero-order valence-corrected chi connectivity index (χ0v) is 11.8. The second-order valence-corrected chi connectivity index (χ2v) is 5.71. The second-order valence-electron chi connectivity index (χ2n) is 5.71. The van der Waals surface area contributed by atoms with E-state index in [0.717, 1.165) is 0 Å². The number of benzene rings is 1. The van der Waals surface area contributed by atoms with Crippen molar-refractivity contribution in [1.82, 2.24) is 0 Å². The molecule has 0 bridgehead atoms. The number of hydrogen-bond acceptors (Lipinski definition) is 5. The van der Waals surface area contributed by atoms with E-state index in [0.29, 0.717) is 35.5 Å². The van der Waals surface area contributed by atoms with Crippen LogP contribution in [0.5, 0.6) is 17.2 Å². The van der Waals surface area contributed by atoms with E-state index in [1.165, 1.54) is 0 Å². The Hall–Kier alpha value is -1.75. The van der Waals surface area contributed by atoms with Gasteiger partial charge in [-0.25, -0.2) is 0 Å². The molecule has 2 aliphatic heterocycles. The summed E-state index contributed by atoms with van der Waals surface area (Å²) in [5.74, 6) is 0.348. The summed E-state index contributed by atoms with van der Waals surface area (Å²) >= 11 is 0. The maximum atomic E-state index is 12.5. The number of fused-ring (bicyclic) bond motifs is 3. The summed E-state index contributed by atoms with van der Waals surface area (Å²) in [6.45, 7) is 5.74. The highest BCUT2D eigenvalue weighted by molar-refractivity contribution is 6.04. The molecule has 0 amide bonds. The minimum Gasteiger partial charge on any atom is -0.504 e. The monoisotopic (exact) mass is 278 g/mol. The zero-order chi connectivity index (χ0) is 14.6. The van der Waals surface area contributed by atoms with Crippen LogP contribution in [0.25, 0.3) is 0 Å². The Bertz CT molecular complexity index is 593. The molecule has 2 heterocycles. The fourth-order valence-electron chi connectivity index (χ4n) is 2.98. The first-order valence-corrected chi connectivity index (χ1v) is 6.83. The number of ether oxygens (including phenoxy) is 2. The van der Waals surface area contributed by atoms with E-state index < -0.39 is 6.29 Å². The Morgan fingerprint density at radius 1 is 1.20 bits per heavy atom. The first-order chi connectivity index (χ1) is 9.41. The molecule has 1 aromatic rings. The minimum absolute atomic E-state index is 0.0115. The number of Topliss-reactive ketones (excluding diaryl/α,β-unsaturated/α-hetero) is 1. The van der Waals surface area contributed by atoms with E-state index in [4.69, 9.17) is 9.47 Å². The Morgan fingerprint density at radius 3 is 2.60 bits per heavy atom. The molecule has 2 aliphatic rings. The molecule has 0 aromatic heterocycles. The second kappa shape index (κ2) is 4.38. The third-order valence-electron chi connectivity index (χ3n) is 4.13. The molecule has 0 saturated heterocycles. The molecule has 2 N–H and O–H groups in total. The fraction of sp³-hybridized carbons (Fsp3) is 0.533. The summed E-state index contributed by atoms with van der Waals surface area (Å²) in [5.41, 5.74) is 1.65. The van der Waals surface area contributed by atoms with Crippen molar-refractivity contribution in [3.63, 3.8) is 0 Å². The van der Waals surface area contributed by atoms with Crippen LogP contribution in [0, 0.1) is 12.8 Å². The van der Waals surface area contributed by atoms with Gasteiger partial charge in [-0.1, -0.05) is 13.8 Å². The predicted molar refractivity (Wildman–Crippen MR) is 71.5 cm³/mol. The van der Waals surface area contributed by atoms with Crippen LogP contribution in [0.15, 0.2) is 0 Å². The van der Waals surface area contributed by atoms with Gasteiger partial charge in [0.2, 0.25) is 0 Å². The molecule has 3 rings (SSSR count). The molecule has 0 radical (unpaired) electrons. The lowest BCUT2D eigenvalue weighted by molar-refractivity contribution is -0.0396. The Morgan fingerprint density at radius 2 is 1.90 bits per heavy atom. The number of aromatic hydroxyl groups is 1. The molecule has 5 nitrogen and oxygen atoms in total. The molecule has 0 spiro atoms. The lowest BCUT2D eigenvalue weighted by Crippen LogP contribution is -2.31. The van der Waals surface area contributed by atoms with E-state index in [-0.39, 0.29) is 29.1 Å². The molecule has 0 saturated carbocycles. The SMILES string of the molecule is Cc1c(O)c2c(c3c1OCC(C)C3=O)C(C)CC(O)O2. The van der Waals surface area contributed by atoms with Gasteiger partial charge in [-0.2, -0.15) is 0 Å². The fourth-order valence-corrected chi connectivity index (χ4v) is 2.98. The van der Waals surface area contributed by atoms with Crippen molar-refractivity contribution < 1.29 is 24.5 Å². The van der Waals surface area contributed by atoms with E-state index in [1.807, 2.05) is 13.8 Å². The number of phenols is 1. The van der Waals surface area contributed by atoms with Crippen molar-refractivity contribution in [3.8, 4) is 17.2 Å². The average molecular weight is 278 g/mol. The number of hydrogen-bond donors (Lipinski definition) is 2. The smallest absolute Gasteiger partial charge is 0.198 e. The lowest BCUT2D eigenvalue weighted by atomic mass is 9.82. The van der Waals surface area contributed by atoms with Gasteiger partial charge < -0.3 is 19.7 Å². The topological polar surface area (TPSA) is 76.0 Å². The molecule has 0 aliphatic carbocycles. The van der Waals surface area contributed by atoms with E-state index >= 15 is 0 Å². The van der Waals surface area contributed by atoms with E-state index in [1.54, 1.807) is 6.92 Å². The van der Waals surface area contributed by atoms with Crippen molar-refractivity contribution in [2.75, 3.05) is 6.61 Å². The van der Waals surface area contributed by atoms with Crippen molar-refractivity contribution in [3.05, 3.63) is 16.7 Å². The molecule has 3 unspecified atom stereocenters. The first-order valence-electron chi connectivity index (χ1n) is 6.83. The zero-order valence-electron chi connectivity index (χ0n) is 11.8. The number of ketones is 1. The number of carbonyl (C=O) groups excluding carboxylic acids is 1. The maximum absolute atomic E-state index is 12.5. The van der Waals surface area contributed by atoms with Gasteiger partial charge in [0.15, 0.2) is 23.6 Å². The summed E-state index contributed by atoms with van der Waals surface area (Å²) in [7, 11) is 0. The standard InChI is InChI=1S/C15H18O5/c1-6-4-9(16)20-15-10(6)11-12(17)7(2)5-19-14(11)8(3)13(15)18/h6-7,9,16,18H,4-5H2,1-3H3. The van der Waals surface area contributed by atoms with Crippen molar-refractivity contribution in [1.29, 1.82) is 0 Å². The van der Waals surface area contributed by atoms with E-state index in [2.05, 4.69) is 0 Å². The van der Waals surface area contributed by atoms with Crippen LogP contribution in [0.2, 0.25) is 0 Å². The summed E-state index contributed by atoms with van der Waals surface area (Å²) < 4.78 is 11.0. The molecule has 5 heteroatoms. The van der Waals surface area contributed by atoms with Gasteiger partial charge in [-0.15, -0.1) is 0 Å². The van der Waals surface area contributed by atoms with Crippen LogP contribution in [-0.2, 0) is 0 Å². The molecule has 1 aromatic carbocycles. The average Bonchev–Trinajstić information content (AvgIpc) is 2.39. The van der Waals surface area contributed by atoms with Crippen molar-refractivity contribution in [2.24, 2.45) is 5.92 Å². The molecular weight excluding hydrogens is 260 g/mol. The molecular formula is C15H18O5. The number of rotatable bonds is 0. The molecule has 108 valence electrons. The third-order valence-corrected chi connectivity index (χ3v) is 4.13. The number of aliphatic hydroxyl groups is 1. The van der Waals surface area contributed by atoms with Crippen LogP contribution >= 0.6 is 0 Å². The molecule has 3 atom stereocenters. The van der Waals surface area contributed by atoms with Gasteiger partial charge in [0.1, 0.15) is 5.75 Å². The van der Waals surface area contributed by atoms with Gasteiger partial charge in [-0.3, -0.25) is 4.79 Å². The van der Waals surface area contributed by atoms with Crippen molar-refractivity contribution in [2.45, 2.75) is 39.4 Å². The minimum atomic E-state index is -0.960. The van der Waals surface area contributed by atoms with Crippen molar-refractivity contribution >= 4 is 5.78 Å². The van der Waals surface area contributed by atoms with Crippen LogP contribution in [0.1, 0.15) is 47.7 Å². The number of carbonyl (C=O) groups is 1. The highest BCUT2D eigenvalue weighted by Crippen LogP contribution is 2.51. The highest BCUT2D eigenvalue weighted by Gasteiger charge is 2.38. The number of aliphatic hydroxyl groups excluding tert-OH is 1. The lowest BCUT2D eigenvalue weighted by Gasteiger charge is -2.34. The van der Waals surface area contributed by atoms with Gasteiger partial charge >= 0.3 is 0 Å². The highest BCUT2D eigenvalue weighted by atomic mass is 16.6. The Kier molecular flexibility index (Phi) is 2.90. The van der Waals surface area contributed by atoms with Crippen LogP contribution in [-0.4, -0.2) is 28.9 Å². The van der Waals surface area contributed by atoms with Gasteiger partial charge in [0.25, 0.3) is 0 Å². The molecule has 0 fully saturated rings. The summed E-state index contributed by atoms with van der Waals surface area (Å²) in [5, 5.41) is 20.0. The van der Waals surface area contributed by atoms with Gasteiger partial charge in [0, 0.05) is 17.5 Å². The predicted octanol–water partition coefficient (Wildman–Crippen LogP) is 2.12. The van der Waals surface area contributed by atoms with Crippen LogP contribution in [0.3, 0.4) is 0 Å². The normalized spacial score (nSPS) is 28.2. The van der Waals surface area contributed by atoms with Crippen LogP contribution < -0.4 is 9.47 Å². The summed E-state index contributed by atoms with van der Waals surface area (Å²) in [6.07, 6.45) is -0.568. The van der Waals surface area contributed by atoms with Crippen LogP contribution in [0.4, 0.5) is 0 Å². The first kappa shape index (κ1) is 13.2. The summed E-state index contributed by atoms with van der Waals surface area (Å²) in [4.78, 5) is 12.5. The Labute approximate surface area is 117 Å². The summed E-state index contributed by atoms with van der Waals surface area (Å²) in [6, 6.07) is 0. The number of phenolic OH excluding ortho intramolecular Hbond substituents is 1. The quantitative estimate of drug-likeness (QED) is 0.760. The van der Waals surface area contributed by atoms with Gasteiger partial charge in [0.05, 0.1) is 18.1 Å². The third kappa shape index (κ3) is 1.69. The van der Waals surface area contributed by atoms with Gasteiger partial charge in [-0.05, 0) is 12.8 Å².